The summed E-state index contributed by atoms with van der Waals surface area (Å²) in [5, 5.41) is 4.10. The molecule has 2 N–H and O–H groups in total. The van der Waals surface area contributed by atoms with E-state index in [4.69, 9.17) is 5.73 Å². The zero-order valence-corrected chi connectivity index (χ0v) is 9.01. The Kier molecular flexibility index (Phi) is 3.13. The van der Waals surface area contributed by atoms with Gasteiger partial charge in [0.2, 0.25) is 0 Å². The number of aromatic nitrogens is 3. The summed E-state index contributed by atoms with van der Waals surface area (Å²) in [4.78, 5) is 15.3. The molecule has 6 heteroatoms. The highest BCUT2D eigenvalue weighted by molar-refractivity contribution is 5.92. The third-order valence-electron chi connectivity index (χ3n) is 2.26. The third kappa shape index (κ3) is 2.30. The SMILES string of the molecule is NC(=O)c1cc(-c2ccccn2)nn1CCF. The molecule has 2 rings (SSSR count). The molecule has 2 heterocycles. The molecule has 0 bridgehead atoms. The number of amides is 1. The first-order valence-corrected chi connectivity index (χ1v) is 5.07. The van der Waals surface area contributed by atoms with Crippen molar-refractivity contribution in [2.45, 2.75) is 6.54 Å². The molecular formula is C11H11FN4O. The molecule has 1 amide bonds. The quantitative estimate of drug-likeness (QED) is 0.858. The lowest BCUT2D eigenvalue weighted by molar-refractivity contribution is 0.0989. The number of rotatable bonds is 4. The molecule has 0 spiro atoms. The number of aryl methyl sites for hydroxylation is 1. The molecule has 0 unspecified atom stereocenters. The van der Waals surface area contributed by atoms with Crippen LogP contribution in [0.3, 0.4) is 0 Å². The van der Waals surface area contributed by atoms with Gasteiger partial charge in [-0.15, -0.1) is 0 Å². The van der Waals surface area contributed by atoms with Crippen LogP contribution in [0.2, 0.25) is 0 Å². The maximum atomic E-state index is 12.3. The van der Waals surface area contributed by atoms with Gasteiger partial charge in [-0.25, -0.2) is 4.39 Å². The minimum absolute atomic E-state index is 0.00507. The number of halogens is 1. The van der Waals surface area contributed by atoms with Gasteiger partial charge in [0, 0.05) is 6.20 Å². The molecule has 0 aliphatic rings. The molecule has 0 atom stereocenters. The zero-order chi connectivity index (χ0) is 12.3. The monoisotopic (exact) mass is 234 g/mol. The summed E-state index contributed by atoms with van der Waals surface area (Å²) >= 11 is 0. The van der Waals surface area contributed by atoms with E-state index in [0.717, 1.165) is 0 Å². The van der Waals surface area contributed by atoms with E-state index in [1.807, 2.05) is 0 Å². The van der Waals surface area contributed by atoms with Crippen LogP contribution in [-0.2, 0) is 6.54 Å². The van der Waals surface area contributed by atoms with E-state index in [2.05, 4.69) is 10.1 Å². The Morgan fingerprint density at radius 3 is 2.82 bits per heavy atom. The molecule has 0 aromatic carbocycles. The van der Waals surface area contributed by atoms with Crippen LogP contribution in [0.25, 0.3) is 11.4 Å². The minimum Gasteiger partial charge on any atom is -0.364 e. The smallest absolute Gasteiger partial charge is 0.266 e. The van der Waals surface area contributed by atoms with E-state index in [9.17, 15) is 9.18 Å². The first-order valence-electron chi connectivity index (χ1n) is 5.07. The summed E-state index contributed by atoms with van der Waals surface area (Å²) in [6.07, 6.45) is 1.62. The van der Waals surface area contributed by atoms with Crippen molar-refractivity contribution < 1.29 is 9.18 Å². The van der Waals surface area contributed by atoms with E-state index in [0.29, 0.717) is 11.4 Å². The van der Waals surface area contributed by atoms with Gasteiger partial charge in [0.1, 0.15) is 18.1 Å². The fourth-order valence-corrected chi connectivity index (χ4v) is 1.51. The second-order valence-electron chi connectivity index (χ2n) is 3.41. The second kappa shape index (κ2) is 4.73. The van der Waals surface area contributed by atoms with Crippen molar-refractivity contribution in [3.05, 3.63) is 36.2 Å². The summed E-state index contributed by atoms with van der Waals surface area (Å²) in [6.45, 7) is -0.602. The lowest BCUT2D eigenvalue weighted by Gasteiger charge is -1.99. The van der Waals surface area contributed by atoms with Crippen LogP contribution in [0.5, 0.6) is 0 Å². The maximum absolute atomic E-state index is 12.3. The maximum Gasteiger partial charge on any atom is 0.266 e. The first kappa shape index (κ1) is 11.3. The zero-order valence-electron chi connectivity index (χ0n) is 9.01. The molecule has 0 aliphatic heterocycles. The van der Waals surface area contributed by atoms with Crippen molar-refractivity contribution in [2.75, 3.05) is 6.67 Å². The van der Waals surface area contributed by atoms with Crippen LogP contribution in [0.4, 0.5) is 4.39 Å². The van der Waals surface area contributed by atoms with Gasteiger partial charge in [-0.05, 0) is 18.2 Å². The Morgan fingerprint density at radius 2 is 2.24 bits per heavy atom. The van der Waals surface area contributed by atoms with Crippen molar-refractivity contribution in [2.24, 2.45) is 5.73 Å². The Bertz CT molecular complexity index is 524. The number of nitrogens with two attached hydrogens (primary N) is 1. The number of carbonyl (C=O) groups is 1. The molecular weight excluding hydrogens is 223 g/mol. The largest absolute Gasteiger partial charge is 0.364 e. The van der Waals surface area contributed by atoms with Crippen molar-refractivity contribution in [3.63, 3.8) is 0 Å². The van der Waals surface area contributed by atoms with Gasteiger partial charge >= 0.3 is 0 Å². The van der Waals surface area contributed by atoms with Gasteiger partial charge in [0.15, 0.2) is 0 Å². The van der Waals surface area contributed by atoms with Crippen molar-refractivity contribution in [3.8, 4) is 11.4 Å². The molecule has 5 nitrogen and oxygen atoms in total. The Morgan fingerprint density at radius 1 is 1.41 bits per heavy atom. The average molecular weight is 234 g/mol. The third-order valence-corrected chi connectivity index (χ3v) is 2.26. The molecule has 88 valence electrons. The average Bonchev–Trinajstić information content (AvgIpc) is 2.75. The topological polar surface area (TPSA) is 73.8 Å². The number of carbonyl (C=O) groups excluding carboxylic acids is 1. The predicted octanol–water partition coefficient (Wildman–Crippen LogP) is 1.01. The van der Waals surface area contributed by atoms with E-state index in [1.54, 1.807) is 24.4 Å². The molecule has 2 aromatic heterocycles. The Hall–Kier alpha value is -2.24. The fourth-order valence-electron chi connectivity index (χ4n) is 1.51. The normalized spacial score (nSPS) is 10.4. The van der Waals surface area contributed by atoms with E-state index >= 15 is 0 Å². The van der Waals surface area contributed by atoms with Crippen LogP contribution < -0.4 is 5.73 Å². The number of primary amides is 1. The van der Waals surface area contributed by atoms with Crippen LogP contribution in [0.15, 0.2) is 30.5 Å². The van der Waals surface area contributed by atoms with Crippen LogP contribution >= 0.6 is 0 Å². The summed E-state index contributed by atoms with van der Waals surface area (Å²) in [6, 6.07) is 6.85. The first-order chi connectivity index (χ1) is 8.22. The van der Waals surface area contributed by atoms with E-state index in [-0.39, 0.29) is 12.2 Å². The summed E-state index contributed by atoms with van der Waals surface area (Å²) in [5.74, 6) is -0.631. The molecule has 0 aliphatic carbocycles. The number of hydrogen-bond donors (Lipinski definition) is 1. The highest BCUT2D eigenvalue weighted by Crippen LogP contribution is 2.16. The van der Waals surface area contributed by atoms with Gasteiger partial charge in [-0.3, -0.25) is 14.5 Å². The Labute approximate surface area is 97.1 Å². The summed E-state index contributed by atoms with van der Waals surface area (Å²) < 4.78 is 13.6. The van der Waals surface area contributed by atoms with E-state index < -0.39 is 12.6 Å². The summed E-state index contributed by atoms with van der Waals surface area (Å²) in [7, 11) is 0. The van der Waals surface area contributed by atoms with Crippen molar-refractivity contribution in [1.82, 2.24) is 14.8 Å². The van der Waals surface area contributed by atoms with Gasteiger partial charge in [0.05, 0.1) is 12.2 Å². The molecule has 17 heavy (non-hydrogen) atoms. The molecule has 0 fully saturated rings. The number of hydrogen-bond acceptors (Lipinski definition) is 3. The number of pyridine rings is 1. The minimum atomic E-state index is -0.631. The Balaban J connectivity index is 2.44. The standard InChI is InChI=1S/C11H11FN4O/c12-4-6-16-10(11(13)17)7-9(15-16)8-3-1-2-5-14-8/h1-3,5,7H,4,6H2,(H2,13,17). The van der Waals surface area contributed by atoms with Crippen LogP contribution in [-0.4, -0.2) is 27.3 Å². The lowest BCUT2D eigenvalue weighted by Crippen LogP contribution is -2.18. The van der Waals surface area contributed by atoms with Crippen LogP contribution in [0.1, 0.15) is 10.5 Å². The lowest BCUT2D eigenvalue weighted by atomic mass is 10.2. The molecule has 0 saturated heterocycles. The van der Waals surface area contributed by atoms with Crippen LogP contribution in [0, 0.1) is 0 Å². The van der Waals surface area contributed by atoms with E-state index in [1.165, 1.54) is 10.7 Å². The number of nitrogens with zero attached hydrogens (tertiary/aromatic N) is 3. The molecule has 0 radical (unpaired) electrons. The van der Waals surface area contributed by atoms with Gasteiger partial charge in [-0.1, -0.05) is 6.07 Å². The fraction of sp³-hybridized carbons (Fsp3) is 0.182. The summed E-state index contributed by atoms with van der Waals surface area (Å²) in [5.41, 5.74) is 6.50. The number of alkyl halides is 1. The van der Waals surface area contributed by atoms with Gasteiger partial charge < -0.3 is 5.73 Å². The highest BCUT2D eigenvalue weighted by Gasteiger charge is 2.13. The van der Waals surface area contributed by atoms with Crippen molar-refractivity contribution >= 4 is 5.91 Å². The molecule has 2 aromatic rings. The van der Waals surface area contributed by atoms with Gasteiger partial charge in [0.25, 0.3) is 5.91 Å². The second-order valence-corrected chi connectivity index (χ2v) is 3.41. The van der Waals surface area contributed by atoms with Crippen molar-refractivity contribution in [1.29, 1.82) is 0 Å². The predicted molar refractivity (Wildman–Crippen MR) is 60.0 cm³/mol. The highest BCUT2D eigenvalue weighted by atomic mass is 19.1. The molecule has 0 saturated carbocycles. The van der Waals surface area contributed by atoms with Gasteiger partial charge in [-0.2, -0.15) is 5.10 Å².